The lowest BCUT2D eigenvalue weighted by Gasteiger charge is -2.09. The molecular weight excluding hydrogens is 426 g/mol. The molecule has 2 heterocycles. The first kappa shape index (κ1) is 20.0. The van der Waals surface area contributed by atoms with Gasteiger partial charge in [-0.15, -0.1) is 0 Å². The molecule has 3 aromatic carbocycles. The summed E-state index contributed by atoms with van der Waals surface area (Å²) in [7, 11) is 0. The van der Waals surface area contributed by atoms with E-state index in [9.17, 15) is 14.9 Å². The Morgan fingerprint density at radius 3 is 2.62 bits per heavy atom. The number of carbonyl (C=O) groups is 1. The van der Waals surface area contributed by atoms with Crippen molar-refractivity contribution in [2.75, 3.05) is 11.1 Å². The van der Waals surface area contributed by atoms with Crippen molar-refractivity contribution in [2.24, 2.45) is 0 Å². The van der Waals surface area contributed by atoms with Gasteiger partial charge in [0.15, 0.2) is 5.16 Å². The molecule has 1 N–H and O–H groups in total. The van der Waals surface area contributed by atoms with E-state index >= 15 is 0 Å². The van der Waals surface area contributed by atoms with Gasteiger partial charge in [-0.05, 0) is 42.8 Å². The first-order chi connectivity index (χ1) is 15.5. The summed E-state index contributed by atoms with van der Waals surface area (Å²) in [6, 6.07) is 20.2. The average molecular weight is 443 g/mol. The van der Waals surface area contributed by atoms with Gasteiger partial charge >= 0.3 is 0 Å². The van der Waals surface area contributed by atoms with Gasteiger partial charge in [-0.2, -0.15) is 0 Å². The van der Waals surface area contributed by atoms with Crippen molar-refractivity contribution in [1.82, 2.24) is 14.4 Å². The second kappa shape index (κ2) is 7.93. The van der Waals surface area contributed by atoms with E-state index in [4.69, 9.17) is 9.97 Å². The number of anilines is 1. The third-order valence-electron chi connectivity index (χ3n) is 5.07. The first-order valence-corrected chi connectivity index (χ1v) is 10.8. The Balaban J connectivity index is 1.49. The number of carbonyl (C=O) groups excluding carboxylic acids is 1. The van der Waals surface area contributed by atoms with E-state index < -0.39 is 4.92 Å². The number of nitro benzene ring substituents is 1. The van der Waals surface area contributed by atoms with Gasteiger partial charge in [0, 0.05) is 11.5 Å². The molecule has 0 unspecified atom stereocenters. The summed E-state index contributed by atoms with van der Waals surface area (Å²) in [5, 5.41) is 15.5. The second-order valence-corrected chi connectivity index (χ2v) is 8.23. The topological polar surface area (TPSA) is 102 Å². The maximum absolute atomic E-state index is 12.6. The molecule has 9 heteroatoms. The minimum absolute atomic E-state index is 0.0397. The van der Waals surface area contributed by atoms with Gasteiger partial charge in [-0.1, -0.05) is 42.1 Å². The van der Waals surface area contributed by atoms with Crippen LogP contribution in [0.4, 0.5) is 11.4 Å². The van der Waals surface area contributed by atoms with Gasteiger partial charge in [-0.25, -0.2) is 9.97 Å². The standard InChI is InChI=1S/C23H17N5O3S/c1-14-10-11-18(20(12-14)28(30)31)24-21(29)13-32-23-26-16-7-3-2-6-15(16)22-25-17-8-4-5-9-19(17)27(22)23/h2-12H,13H2,1H3,(H,24,29). The zero-order chi connectivity index (χ0) is 22.2. The molecule has 32 heavy (non-hydrogen) atoms. The Morgan fingerprint density at radius 2 is 1.81 bits per heavy atom. The molecule has 0 radical (unpaired) electrons. The summed E-state index contributed by atoms with van der Waals surface area (Å²) < 4.78 is 1.95. The van der Waals surface area contributed by atoms with E-state index in [0.29, 0.717) is 5.16 Å². The van der Waals surface area contributed by atoms with Crippen LogP contribution in [0.25, 0.3) is 27.6 Å². The van der Waals surface area contributed by atoms with E-state index in [0.717, 1.165) is 33.1 Å². The molecule has 5 aromatic rings. The molecular formula is C23H17N5O3S. The van der Waals surface area contributed by atoms with Crippen molar-refractivity contribution in [3.05, 3.63) is 82.4 Å². The van der Waals surface area contributed by atoms with Crippen LogP contribution in [0.3, 0.4) is 0 Å². The van der Waals surface area contributed by atoms with Gasteiger partial charge in [0.2, 0.25) is 5.91 Å². The summed E-state index contributed by atoms with van der Waals surface area (Å²) in [5.41, 5.74) is 4.09. The molecule has 0 fully saturated rings. The normalized spacial score (nSPS) is 11.3. The smallest absolute Gasteiger partial charge is 0.293 e. The summed E-state index contributed by atoms with van der Waals surface area (Å²) in [6.45, 7) is 1.76. The van der Waals surface area contributed by atoms with E-state index in [1.165, 1.54) is 17.8 Å². The lowest BCUT2D eigenvalue weighted by molar-refractivity contribution is -0.384. The van der Waals surface area contributed by atoms with Gasteiger partial charge in [0.05, 0.1) is 27.2 Å². The minimum Gasteiger partial charge on any atom is -0.320 e. The van der Waals surface area contributed by atoms with Crippen LogP contribution < -0.4 is 5.32 Å². The van der Waals surface area contributed by atoms with Crippen molar-refractivity contribution in [3.63, 3.8) is 0 Å². The largest absolute Gasteiger partial charge is 0.320 e. The molecule has 0 aliphatic carbocycles. The number of fused-ring (bicyclic) bond motifs is 5. The lowest BCUT2D eigenvalue weighted by atomic mass is 10.2. The van der Waals surface area contributed by atoms with Crippen LogP contribution in [0, 0.1) is 17.0 Å². The monoisotopic (exact) mass is 443 g/mol. The maximum Gasteiger partial charge on any atom is 0.293 e. The Morgan fingerprint density at radius 1 is 1.06 bits per heavy atom. The Bertz CT molecular complexity index is 1530. The van der Waals surface area contributed by atoms with E-state index in [1.54, 1.807) is 19.1 Å². The number of para-hydroxylation sites is 3. The van der Waals surface area contributed by atoms with E-state index in [1.807, 2.05) is 52.9 Å². The summed E-state index contributed by atoms with van der Waals surface area (Å²) >= 11 is 1.26. The van der Waals surface area contributed by atoms with Crippen LogP contribution in [-0.4, -0.2) is 31.0 Å². The van der Waals surface area contributed by atoms with Crippen molar-refractivity contribution >= 4 is 56.6 Å². The number of amides is 1. The quantitative estimate of drug-likeness (QED) is 0.178. The van der Waals surface area contributed by atoms with Crippen molar-refractivity contribution in [3.8, 4) is 0 Å². The molecule has 158 valence electrons. The number of nitro groups is 1. The summed E-state index contributed by atoms with van der Waals surface area (Å²) in [6.07, 6.45) is 0. The highest BCUT2D eigenvalue weighted by Gasteiger charge is 2.18. The van der Waals surface area contributed by atoms with Crippen molar-refractivity contribution in [2.45, 2.75) is 12.1 Å². The Hall–Kier alpha value is -3.98. The van der Waals surface area contributed by atoms with E-state index in [2.05, 4.69) is 5.32 Å². The first-order valence-electron chi connectivity index (χ1n) is 9.85. The highest BCUT2D eigenvalue weighted by atomic mass is 32.2. The minimum atomic E-state index is -0.498. The maximum atomic E-state index is 12.6. The van der Waals surface area contributed by atoms with Gasteiger partial charge < -0.3 is 5.32 Å². The Labute approximate surface area is 186 Å². The molecule has 0 spiro atoms. The highest BCUT2D eigenvalue weighted by molar-refractivity contribution is 7.99. The number of nitrogens with zero attached hydrogens (tertiary/aromatic N) is 4. The average Bonchev–Trinajstić information content (AvgIpc) is 3.19. The molecule has 8 nitrogen and oxygen atoms in total. The predicted molar refractivity (Wildman–Crippen MR) is 125 cm³/mol. The third kappa shape index (κ3) is 3.52. The number of thioether (sulfide) groups is 1. The van der Waals surface area contributed by atoms with Crippen molar-refractivity contribution in [1.29, 1.82) is 0 Å². The number of rotatable bonds is 5. The van der Waals surface area contributed by atoms with Crippen molar-refractivity contribution < 1.29 is 9.72 Å². The van der Waals surface area contributed by atoms with Crippen LogP contribution in [-0.2, 0) is 4.79 Å². The fraction of sp³-hybridized carbons (Fsp3) is 0.0870. The molecule has 0 saturated heterocycles. The van der Waals surface area contributed by atoms with Crippen LogP contribution in [0.2, 0.25) is 0 Å². The fourth-order valence-corrected chi connectivity index (χ4v) is 4.43. The van der Waals surface area contributed by atoms with E-state index in [-0.39, 0.29) is 23.0 Å². The SMILES string of the molecule is Cc1ccc(NC(=O)CSc2nc3ccccc3c3nc4ccccc4n23)c([N+](=O)[O-])c1. The number of benzene rings is 3. The number of aryl methyl sites for hydroxylation is 1. The number of nitrogens with one attached hydrogen (secondary N) is 1. The molecule has 5 rings (SSSR count). The molecule has 0 saturated carbocycles. The number of hydrogen-bond donors (Lipinski definition) is 1. The Kier molecular flexibility index (Phi) is 4.95. The number of imidazole rings is 1. The van der Waals surface area contributed by atoms with Gasteiger partial charge in [0.1, 0.15) is 11.3 Å². The molecule has 1 amide bonds. The van der Waals surface area contributed by atoms with Crippen LogP contribution >= 0.6 is 11.8 Å². The fourth-order valence-electron chi connectivity index (χ4n) is 3.63. The van der Waals surface area contributed by atoms with Crippen LogP contribution in [0.5, 0.6) is 0 Å². The zero-order valence-electron chi connectivity index (χ0n) is 17.0. The number of hydrogen-bond acceptors (Lipinski definition) is 6. The molecule has 0 aliphatic rings. The third-order valence-corrected chi connectivity index (χ3v) is 6.01. The molecule has 0 atom stereocenters. The lowest BCUT2D eigenvalue weighted by Crippen LogP contribution is -2.15. The zero-order valence-corrected chi connectivity index (χ0v) is 17.8. The molecule has 0 bridgehead atoms. The highest BCUT2D eigenvalue weighted by Crippen LogP contribution is 2.30. The van der Waals surface area contributed by atoms with Crippen LogP contribution in [0.1, 0.15) is 5.56 Å². The van der Waals surface area contributed by atoms with Gasteiger partial charge in [0.25, 0.3) is 5.69 Å². The predicted octanol–water partition coefficient (Wildman–Crippen LogP) is 4.98. The molecule has 0 aliphatic heterocycles. The second-order valence-electron chi connectivity index (χ2n) is 7.29. The summed E-state index contributed by atoms with van der Waals surface area (Å²) in [4.78, 5) is 33.0. The summed E-state index contributed by atoms with van der Waals surface area (Å²) in [5.74, 6) is -0.313. The van der Waals surface area contributed by atoms with Crippen LogP contribution in [0.15, 0.2) is 71.9 Å². The number of aromatic nitrogens is 3. The van der Waals surface area contributed by atoms with Gasteiger partial charge in [-0.3, -0.25) is 19.3 Å². The molecule has 2 aromatic heterocycles.